The number of alkyl halides is 3. The predicted octanol–water partition coefficient (Wildman–Crippen LogP) is 3.75. The predicted molar refractivity (Wildman–Crippen MR) is 97.2 cm³/mol. The Balaban J connectivity index is 1.77. The van der Waals surface area contributed by atoms with Crippen LogP contribution in [0.1, 0.15) is 15.4 Å². The van der Waals surface area contributed by atoms with Crippen LogP contribution >= 0.6 is 11.3 Å². The van der Waals surface area contributed by atoms with Crippen molar-refractivity contribution in [3.63, 3.8) is 0 Å². The first-order valence-electron chi connectivity index (χ1n) is 8.02. The number of aromatic amines is 1. The number of carbonyl (C=O) groups is 1. The number of nitrogens with zero attached hydrogens (tertiary/aromatic N) is 3. The number of nitrogens with one attached hydrogen (secondary N) is 1. The van der Waals surface area contributed by atoms with Crippen LogP contribution in [-0.4, -0.2) is 25.3 Å². The van der Waals surface area contributed by atoms with E-state index < -0.39 is 17.4 Å². The lowest BCUT2D eigenvalue weighted by Crippen LogP contribution is -2.21. The number of fused-ring (bicyclic) bond motifs is 1. The van der Waals surface area contributed by atoms with Gasteiger partial charge in [0.25, 0.3) is 0 Å². The molecule has 28 heavy (non-hydrogen) atoms. The molecule has 0 aliphatic carbocycles. The van der Waals surface area contributed by atoms with Gasteiger partial charge in [0.05, 0.1) is 17.6 Å². The topological polar surface area (TPSA) is 80.6 Å². The van der Waals surface area contributed by atoms with E-state index in [4.69, 9.17) is 0 Å². The smallest absolute Gasteiger partial charge is 0.290 e. The van der Waals surface area contributed by atoms with Gasteiger partial charge in [0, 0.05) is 23.3 Å². The van der Waals surface area contributed by atoms with Crippen molar-refractivity contribution in [2.45, 2.75) is 12.7 Å². The van der Waals surface area contributed by atoms with E-state index in [0.717, 1.165) is 23.5 Å². The summed E-state index contributed by atoms with van der Waals surface area (Å²) >= 11 is 1.16. The van der Waals surface area contributed by atoms with Gasteiger partial charge >= 0.3 is 11.9 Å². The molecule has 10 heteroatoms. The van der Waals surface area contributed by atoms with E-state index in [1.165, 1.54) is 35.2 Å². The Morgan fingerprint density at radius 3 is 2.71 bits per heavy atom. The fourth-order valence-corrected chi connectivity index (χ4v) is 3.36. The number of carbonyl (C=O) groups excluding carboxylic acids is 1. The number of hydrogen-bond donors (Lipinski definition) is 1. The van der Waals surface area contributed by atoms with Gasteiger partial charge in [0.1, 0.15) is 0 Å². The standard InChI is InChI=1S/C18H11F3N4O2S/c19-18(20,21)12-3-1-2-10(6-12)11-7-13-15(23-8-11)24-17(27)25(13)9-14(26)16-22-4-5-28-16/h1-8H,9H2,(H,23,24,27). The molecule has 0 spiro atoms. The second-order valence-electron chi connectivity index (χ2n) is 5.95. The Hall–Kier alpha value is -3.27. The number of thiazole rings is 1. The molecule has 0 amide bonds. The Labute approximate surface area is 159 Å². The third-order valence-electron chi connectivity index (χ3n) is 4.12. The van der Waals surface area contributed by atoms with Gasteiger partial charge in [-0.25, -0.2) is 14.8 Å². The second kappa shape index (κ2) is 6.71. The van der Waals surface area contributed by atoms with Crippen molar-refractivity contribution in [2.75, 3.05) is 0 Å². The molecule has 0 fully saturated rings. The number of rotatable bonds is 4. The third-order valence-corrected chi connectivity index (χ3v) is 4.94. The van der Waals surface area contributed by atoms with Gasteiger partial charge in [-0.2, -0.15) is 13.2 Å². The van der Waals surface area contributed by atoms with Crippen LogP contribution in [0.3, 0.4) is 0 Å². The maximum absolute atomic E-state index is 13.0. The molecule has 0 aliphatic heterocycles. The quantitative estimate of drug-likeness (QED) is 0.526. The van der Waals surface area contributed by atoms with Crippen molar-refractivity contribution >= 4 is 28.3 Å². The average molecular weight is 404 g/mol. The summed E-state index contributed by atoms with van der Waals surface area (Å²) in [6.07, 6.45) is -1.60. The fraction of sp³-hybridized carbons (Fsp3) is 0.111. The highest BCUT2D eigenvalue weighted by molar-refractivity contribution is 7.11. The molecule has 0 bridgehead atoms. The van der Waals surface area contributed by atoms with Crippen molar-refractivity contribution < 1.29 is 18.0 Å². The zero-order valence-electron chi connectivity index (χ0n) is 14.0. The summed E-state index contributed by atoms with van der Waals surface area (Å²) in [4.78, 5) is 35.1. The van der Waals surface area contributed by atoms with Gasteiger partial charge in [-0.1, -0.05) is 12.1 Å². The van der Waals surface area contributed by atoms with E-state index in [1.807, 2.05) is 0 Å². The van der Waals surface area contributed by atoms with Crippen LogP contribution in [0.5, 0.6) is 0 Å². The van der Waals surface area contributed by atoms with E-state index in [-0.39, 0.29) is 23.0 Å². The molecule has 0 saturated carbocycles. The van der Waals surface area contributed by atoms with Gasteiger partial charge < -0.3 is 0 Å². The number of hydrogen-bond acceptors (Lipinski definition) is 5. The van der Waals surface area contributed by atoms with E-state index in [9.17, 15) is 22.8 Å². The SMILES string of the molecule is O=C(Cn1c(=O)[nH]c2ncc(-c3cccc(C(F)(F)F)c3)cc21)c1nccs1. The van der Waals surface area contributed by atoms with Crippen molar-refractivity contribution in [3.8, 4) is 11.1 Å². The minimum absolute atomic E-state index is 0.243. The highest BCUT2D eigenvalue weighted by Gasteiger charge is 2.30. The highest BCUT2D eigenvalue weighted by atomic mass is 32.1. The van der Waals surface area contributed by atoms with Gasteiger partial charge in [0.15, 0.2) is 10.7 Å². The lowest BCUT2D eigenvalue weighted by atomic mass is 10.0. The Morgan fingerprint density at radius 1 is 1.18 bits per heavy atom. The first kappa shape index (κ1) is 18.1. The number of imidazole rings is 1. The first-order valence-corrected chi connectivity index (χ1v) is 8.90. The van der Waals surface area contributed by atoms with Crippen LogP contribution in [-0.2, 0) is 12.7 Å². The first-order chi connectivity index (χ1) is 13.3. The third kappa shape index (κ3) is 3.33. The molecule has 3 heterocycles. The molecule has 4 rings (SSSR count). The minimum atomic E-state index is -4.47. The van der Waals surface area contributed by atoms with Gasteiger partial charge in [-0.05, 0) is 23.8 Å². The summed E-state index contributed by atoms with van der Waals surface area (Å²) in [5.41, 5.74) is -0.0506. The van der Waals surface area contributed by atoms with Gasteiger partial charge in [0.2, 0.25) is 5.78 Å². The Bertz CT molecular complexity index is 1230. The maximum Gasteiger partial charge on any atom is 0.416 e. The van der Waals surface area contributed by atoms with Gasteiger partial charge in [-0.3, -0.25) is 14.3 Å². The molecular weight excluding hydrogens is 393 g/mol. The molecule has 0 radical (unpaired) electrons. The summed E-state index contributed by atoms with van der Waals surface area (Å²) in [7, 11) is 0. The molecule has 0 saturated heterocycles. The summed E-state index contributed by atoms with van der Waals surface area (Å²) in [5, 5.41) is 1.92. The van der Waals surface area contributed by atoms with Crippen LogP contribution in [0.4, 0.5) is 13.2 Å². The number of ketones is 1. The number of H-pyrrole nitrogens is 1. The van der Waals surface area contributed by atoms with E-state index in [2.05, 4.69) is 15.0 Å². The largest absolute Gasteiger partial charge is 0.416 e. The van der Waals surface area contributed by atoms with Crippen LogP contribution < -0.4 is 5.69 Å². The lowest BCUT2D eigenvalue weighted by molar-refractivity contribution is -0.137. The number of aromatic nitrogens is 4. The van der Waals surface area contributed by atoms with Crippen molar-refractivity contribution in [1.82, 2.24) is 19.5 Å². The van der Waals surface area contributed by atoms with E-state index >= 15 is 0 Å². The second-order valence-corrected chi connectivity index (χ2v) is 6.84. The molecule has 3 aromatic heterocycles. The molecule has 6 nitrogen and oxygen atoms in total. The molecule has 0 atom stereocenters. The minimum Gasteiger partial charge on any atom is -0.290 e. The fourth-order valence-electron chi connectivity index (χ4n) is 2.80. The number of Topliss-reactive ketones (excluding diaryl/α,β-unsaturated/α-hetero) is 1. The molecule has 142 valence electrons. The number of pyridine rings is 1. The zero-order chi connectivity index (χ0) is 19.9. The molecule has 1 N–H and O–H groups in total. The molecule has 4 aromatic rings. The summed E-state index contributed by atoms with van der Waals surface area (Å²) in [6, 6.07) is 6.35. The van der Waals surface area contributed by atoms with Crippen molar-refractivity contribution in [3.05, 3.63) is 69.2 Å². The number of benzene rings is 1. The Morgan fingerprint density at radius 2 is 2.00 bits per heavy atom. The summed E-state index contributed by atoms with van der Waals surface area (Å²) in [6.45, 7) is -0.250. The molecule has 0 unspecified atom stereocenters. The average Bonchev–Trinajstić information content (AvgIpc) is 3.30. The number of halogens is 3. The van der Waals surface area contributed by atoms with Crippen LogP contribution in [0.15, 0.2) is 52.9 Å². The van der Waals surface area contributed by atoms with E-state index in [1.54, 1.807) is 5.38 Å². The van der Waals surface area contributed by atoms with Gasteiger partial charge in [-0.15, -0.1) is 11.3 Å². The van der Waals surface area contributed by atoms with E-state index in [0.29, 0.717) is 16.6 Å². The van der Waals surface area contributed by atoms with Crippen LogP contribution in [0.25, 0.3) is 22.3 Å². The van der Waals surface area contributed by atoms with Crippen LogP contribution in [0, 0.1) is 0 Å². The van der Waals surface area contributed by atoms with Crippen LogP contribution in [0.2, 0.25) is 0 Å². The normalized spacial score (nSPS) is 11.8. The maximum atomic E-state index is 13.0. The zero-order valence-corrected chi connectivity index (χ0v) is 14.8. The molecular formula is C18H11F3N4O2S. The summed E-state index contributed by atoms with van der Waals surface area (Å²) < 4.78 is 40.1. The molecule has 0 aliphatic rings. The monoisotopic (exact) mass is 404 g/mol. The lowest BCUT2D eigenvalue weighted by Gasteiger charge is -2.09. The Kier molecular flexibility index (Phi) is 4.34. The summed E-state index contributed by atoms with van der Waals surface area (Å²) in [5.74, 6) is -0.345. The molecule has 1 aromatic carbocycles. The van der Waals surface area contributed by atoms with Crippen molar-refractivity contribution in [2.24, 2.45) is 0 Å². The highest BCUT2D eigenvalue weighted by Crippen LogP contribution is 2.32. The van der Waals surface area contributed by atoms with Crippen molar-refractivity contribution in [1.29, 1.82) is 0 Å².